The second kappa shape index (κ2) is 4.91. The summed E-state index contributed by atoms with van der Waals surface area (Å²) < 4.78 is 35.3. The van der Waals surface area contributed by atoms with Gasteiger partial charge in [0.25, 0.3) is 0 Å². The van der Waals surface area contributed by atoms with Crippen molar-refractivity contribution in [3.63, 3.8) is 0 Å². The molecule has 20 heavy (non-hydrogen) atoms. The molecule has 4 saturated carbocycles. The number of carbonyl (C=O) groups is 1. The predicted octanol–water partition coefficient (Wildman–Crippen LogP) is 1.33. The molecule has 0 N–H and O–H groups in total. The standard InChI is InChI=1S/C14H20F2O4/c15-14(16,12(17)18)20-2-1-19-13-6-9-3-10(7-13)5-11(4-9)8-13/h9-11H,1-8H2,(H,17,18)/p-1. The van der Waals surface area contributed by atoms with Gasteiger partial charge in [0.1, 0.15) is 5.97 Å². The molecule has 4 rings (SSSR count). The fourth-order valence-corrected chi connectivity index (χ4v) is 4.69. The topological polar surface area (TPSA) is 58.6 Å². The van der Waals surface area contributed by atoms with Crippen molar-refractivity contribution in [1.29, 1.82) is 0 Å². The van der Waals surface area contributed by atoms with Crippen molar-refractivity contribution in [1.82, 2.24) is 0 Å². The first-order valence-corrected chi connectivity index (χ1v) is 7.26. The van der Waals surface area contributed by atoms with E-state index in [4.69, 9.17) is 4.74 Å². The van der Waals surface area contributed by atoms with E-state index in [-0.39, 0.29) is 12.2 Å². The highest BCUT2D eigenvalue weighted by atomic mass is 19.3. The van der Waals surface area contributed by atoms with Crippen molar-refractivity contribution in [2.75, 3.05) is 13.2 Å². The van der Waals surface area contributed by atoms with Crippen molar-refractivity contribution >= 4 is 5.97 Å². The van der Waals surface area contributed by atoms with E-state index in [9.17, 15) is 18.7 Å². The molecule has 0 aliphatic heterocycles. The van der Waals surface area contributed by atoms with Crippen LogP contribution >= 0.6 is 0 Å². The maximum absolute atomic E-state index is 12.7. The van der Waals surface area contributed by atoms with E-state index >= 15 is 0 Å². The largest absolute Gasteiger partial charge is 0.542 e. The minimum atomic E-state index is -4.23. The van der Waals surface area contributed by atoms with Gasteiger partial charge < -0.3 is 19.4 Å². The third-order valence-electron chi connectivity index (χ3n) is 4.99. The zero-order chi connectivity index (χ0) is 14.4. The molecule has 4 bridgehead atoms. The highest BCUT2D eigenvalue weighted by molar-refractivity contribution is 5.71. The molecule has 0 amide bonds. The molecule has 4 fully saturated rings. The first-order chi connectivity index (χ1) is 9.39. The van der Waals surface area contributed by atoms with E-state index < -0.39 is 18.7 Å². The van der Waals surface area contributed by atoms with Gasteiger partial charge in [-0.3, -0.25) is 0 Å². The summed E-state index contributed by atoms with van der Waals surface area (Å²) in [6.07, 6.45) is 2.64. The number of carboxylic acid groups (broad SMARTS) is 1. The average molecular weight is 289 g/mol. The molecule has 0 heterocycles. The van der Waals surface area contributed by atoms with Crippen molar-refractivity contribution in [3.05, 3.63) is 0 Å². The summed E-state index contributed by atoms with van der Waals surface area (Å²) in [5.74, 6) is -0.363. The van der Waals surface area contributed by atoms with Crippen LogP contribution in [-0.4, -0.2) is 30.9 Å². The zero-order valence-corrected chi connectivity index (χ0v) is 11.3. The van der Waals surface area contributed by atoms with E-state index in [0.717, 1.165) is 19.3 Å². The van der Waals surface area contributed by atoms with Gasteiger partial charge in [-0.2, -0.15) is 8.78 Å². The Morgan fingerprint density at radius 3 is 2.05 bits per heavy atom. The first kappa shape index (κ1) is 14.2. The Morgan fingerprint density at radius 1 is 1.10 bits per heavy atom. The highest BCUT2D eigenvalue weighted by Crippen LogP contribution is 2.57. The number of hydrogen-bond donors (Lipinski definition) is 0. The lowest BCUT2D eigenvalue weighted by Gasteiger charge is -2.56. The lowest BCUT2D eigenvalue weighted by atomic mass is 9.54. The molecule has 0 radical (unpaired) electrons. The molecular formula is C14H19F2O4-. The number of hydrogen-bond acceptors (Lipinski definition) is 4. The third kappa shape index (κ3) is 2.68. The average Bonchev–Trinajstić information content (AvgIpc) is 2.33. The van der Waals surface area contributed by atoms with E-state index in [1.165, 1.54) is 19.3 Å². The number of ether oxygens (including phenoxy) is 2. The van der Waals surface area contributed by atoms with Crippen LogP contribution in [0.1, 0.15) is 38.5 Å². The van der Waals surface area contributed by atoms with Crippen molar-refractivity contribution in [2.24, 2.45) is 17.8 Å². The molecule has 4 nitrogen and oxygen atoms in total. The van der Waals surface area contributed by atoms with Gasteiger partial charge in [-0.1, -0.05) is 0 Å². The van der Waals surface area contributed by atoms with Gasteiger partial charge in [0.2, 0.25) is 0 Å². The number of carboxylic acids is 1. The van der Waals surface area contributed by atoms with E-state index in [0.29, 0.717) is 17.8 Å². The minimum Gasteiger partial charge on any atom is -0.542 e. The monoisotopic (exact) mass is 289 g/mol. The number of halogens is 2. The second-order valence-corrected chi connectivity index (χ2v) is 6.60. The maximum Gasteiger partial charge on any atom is 0.397 e. The lowest BCUT2D eigenvalue weighted by molar-refractivity contribution is -0.364. The van der Waals surface area contributed by atoms with Gasteiger partial charge in [0.05, 0.1) is 18.8 Å². The minimum absolute atomic E-state index is 0.00896. The number of rotatable bonds is 6. The zero-order valence-electron chi connectivity index (χ0n) is 11.3. The van der Waals surface area contributed by atoms with Gasteiger partial charge in [0.15, 0.2) is 0 Å². The summed E-state index contributed by atoms with van der Waals surface area (Å²) >= 11 is 0. The molecule has 4 aliphatic carbocycles. The van der Waals surface area contributed by atoms with Crippen LogP contribution in [0.3, 0.4) is 0 Å². The van der Waals surface area contributed by atoms with E-state index in [1.807, 2.05) is 0 Å². The van der Waals surface area contributed by atoms with Crippen LogP contribution in [0.25, 0.3) is 0 Å². The van der Waals surface area contributed by atoms with Gasteiger partial charge in [-0.15, -0.1) is 0 Å². The summed E-state index contributed by atoms with van der Waals surface area (Å²) in [7, 11) is 0. The van der Waals surface area contributed by atoms with E-state index in [1.54, 1.807) is 0 Å². The smallest absolute Gasteiger partial charge is 0.397 e. The second-order valence-electron chi connectivity index (χ2n) is 6.60. The Bertz CT molecular complexity index is 361. The Labute approximate surface area is 116 Å². The van der Waals surface area contributed by atoms with Gasteiger partial charge in [-0.25, -0.2) is 0 Å². The molecule has 0 aromatic carbocycles. The first-order valence-electron chi connectivity index (χ1n) is 7.26. The number of carbonyl (C=O) groups excluding carboxylic acids is 1. The summed E-state index contributed by atoms with van der Waals surface area (Å²) in [6, 6.07) is 0. The molecule has 114 valence electrons. The molecule has 0 aromatic rings. The molecule has 0 saturated heterocycles. The van der Waals surface area contributed by atoms with Crippen LogP contribution in [0.2, 0.25) is 0 Å². The Hall–Kier alpha value is -0.750. The van der Waals surface area contributed by atoms with E-state index in [2.05, 4.69) is 4.74 Å². The summed E-state index contributed by atoms with van der Waals surface area (Å²) in [4.78, 5) is 10.1. The molecule has 0 unspecified atom stereocenters. The normalized spacial score (nSPS) is 39.2. The SMILES string of the molecule is O=C([O-])C(F)(F)OCCOC12CC3CC(CC(C3)C1)C2. The van der Waals surface area contributed by atoms with Crippen LogP contribution in [0.5, 0.6) is 0 Å². The van der Waals surface area contributed by atoms with Gasteiger partial charge in [0, 0.05) is 0 Å². The van der Waals surface area contributed by atoms with Gasteiger partial charge in [-0.05, 0) is 56.3 Å². The molecule has 0 atom stereocenters. The Kier molecular flexibility index (Phi) is 3.49. The van der Waals surface area contributed by atoms with Crippen LogP contribution < -0.4 is 5.11 Å². The van der Waals surface area contributed by atoms with Crippen LogP contribution in [0.15, 0.2) is 0 Å². The van der Waals surface area contributed by atoms with Crippen molar-refractivity contribution in [2.45, 2.75) is 50.2 Å². The molecule has 0 spiro atoms. The molecule has 6 heteroatoms. The fourth-order valence-electron chi connectivity index (χ4n) is 4.69. The Morgan fingerprint density at radius 2 is 1.60 bits per heavy atom. The highest BCUT2D eigenvalue weighted by Gasteiger charge is 2.51. The van der Waals surface area contributed by atoms with Crippen LogP contribution in [0, 0.1) is 17.8 Å². The van der Waals surface area contributed by atoms with Crippen LogP contribution in [0.4, 0.5) is 8.78 Å². The molecule has 4 aliphatic rings. The number of alkyl halides is 2. The third-order valence-corrected chi connectivity index (χ3v) is 4.99. The van der Waals surface area contributed by atoms with Crippen LogP contribution in [-0.2, 0) is 14.3 Å². The summed E-state index contributed by atoms with van der Waals surface area (Å²) in [5.41, 5.74) is -0.172. The predicted molar refractivity (Wildman–Crippen MR) is 62.8 cm³/mol. The number of aliphatic carboxylic acids is 1. The van der Waals surface area contributed by atoms with Crippen molar-refractivity contribution in [3.8, 4) is 0 Å². The van der Waals surface area contributed by atoms with Gasteiger partial charge >= 0.3 is 6.11 Å². The Balaban J connectivity index is 1.48. The van der Waals surface area contributed by atoms with Crippen molar-refractivity contribution < 1.29 is 28.2 Å². The quantitative estimate of drug-likeness (QED) is 0.692. The molecule has 0 aromatic heterocycles. The lowest BCUT2D eigenvalue weighted by Crippen LogP contribution is -2.52. The maximum atomic E-state index is 12.7. The summed E-state index contributed by atoms with van der Waals surface area (Å²) in [5, 5.41) is 10.1. The fraction of sp³-hybridized carbons (Fsp3) is 0.929. The summed E-state index contributed by atoms with van der Waals surface area (Å²) in [6.45, 7) is -0.419. The molecular weight excluding hydrogens is 270 g/mol.